The average molecular weight is 280 g/mol. The third kappa shape index (κ3) is 3.30. The summed E-state index contributed by atoms with van der Waals surface area (Å²) in [6.45, 7) is 2.47. The number of likely N-dealkylation sites (N-methyl/N-ethyl adjacent to an activating group) is 1. The van der Waals surface area contributed by atoms with Crippen LogP contribution >= 0.6 is 0 Å². The summed E-state index contributed by atoms with van der Waals surface area (Å²) in [5.41, 5.74) is -0.00717. The topological polar surface area (TPSA) is 65.5 Å². The number of hydrogen-bond donors (Lipinski definition) is 1. The van der Waals surface area contributed by atoms with Crippen molar-refractivity contribution in [3.8, 4) is 0 Å². The van der Waals surface area contributed by atoms with Gasteiger partial charge in [-0.1, -0.05) is 0 Å². The smallest absolute Gasteiger partial charge is 0.258 e. The molecule has 20 heavy (non-hydrogen) atoms. The number of halogens is 1. The first-order valence-electron chi connectivity index (χ1n) is 6.44. The quantitative estimate of drug-likeness (QED) is 0.774. The minimum absolute atomic E-state index is 0.00717. The summed E-state index contributed by atoms with van der Waals surface area (Å²) in [5, 5.41) is 2.56. The third-order valence-electron chi connectivity index (χ3n) is 3.30. The van der Waals surface area contributed by atoms with Crippen molar-refractivity contribution in [1.29, 1.82) is 0 Å². The van der Waals surface area contributed by atoms with Crippen molar-refractivity contribution in [1.82, 2.24) is 20.1 Å². The molecule has 0 unspecified atom stereocenters. The highest BCUT2D eigenvalue weighted by molar-refractivity contribution is 5.94. The van der Waals surface area contributed by atoms with Crippen molar-refractivity contribution in [3.63, 3.8) is 0 Å². The highest BCUT2D eigenvalue weighted by Crippen LogP contribution is 2.10. The molecule has 0 aliphatic carbocycles. The number of piperazine rings is 1. The summed E-state index contributed by atoms with van der Waals surface area (Å²) in [4.78, 5) is 30.5. The van der Waals surface area contributed by atoms with Crippen molar-refractivity contribution in [2.75, 3.05) is 39.8 Å². The molecule has 2 rings (SSSR count). The molecular formula is C13H17FN4O2. The number of nitrogens with zero attached hydrogens (tertiary/aromatic N) is 3. The second kappa shape index (κ2) is 6.42. The van der Waals surface area contributed by atoms with Crippen LogP contribution in [0.15, 0.2) is 18.3 Å². The fraction of sp³-hybridized carbons (Fsp3) is 0.462. The number of aromatic nitrogens is 1. The van der Waals surface area contributed by atoms with E-state index in [1.807, 2.05) is 4.90 Å². The normalized spacial score (nSPS) is 16.0. The molecule has 6 nitrogen and oxygen atoms in total. The van der Waals surface area contributed by atoms with E-state index in [-0.39, 0.29) is 17.4 Å². The molecule has 2 amide bonds. The fourth-order valence-corrected chi connectivity index (χ4v) is 2.11. The lowest BCUT2D eigenvalue weighted by molar-refractivity contribution is -0.122. The zero-order valence-electron chi connectivity index (χ0n) is 11.3. The standard InChI is InChI=1S/C13H17FN4O2/c1-15-11(19)9-17-5-7-18(8-6-17)13(20)10-3-2-4-16-12(10)14/h2-4H,5-9H2,1H3,(H,15,19). The summed E-state index contributed by atoms with van der Waals surface area (Å²) in [6, 6.07) is 2.97. The largest absolute Gasteiger partial charge is 0.358 e. The van der Waals surface area contributed by atoms with Crippen LogP contribution in [0.1, 0.15) is 10.4 Å². The molecule has 1 N–H and O–H groups in total. The van der Waals surface area contributed by atoms with E-state index in [0.717, 1.165) is 0 Å². The molecule has 1 aliphatic heterocycles. The van der Waals surface area contributed by atoms with Gasteiger partial charge in [-0.2, -0.15) is 4.39 Å². The Morgan fingerprint density at radius 1 is 1.35 bits per heavy atom. The maximum atomic E-state index is 13.5. The van der Waals surface area contributed by atoms with Crippen LogP contribution in [0, 0.1) is 5.95 Å². The monoisotopic (exact) mass is 280 g/mol. The molecule has 1 aromatic heterocycles. The van der Waals surface area contributed by atoms with Gasteiger partial charge in [-0.15, -0.1) is 0 Å². The van der Waals surface area contributed by atoms with E-state index in [2.05, 4.69) is 10.3 Å². The van der Waals surface area contributed by atoms with Gasteiger partial charge in [0.2, 0.25) is 11.9 Å². The molecule has 0 aromatic carbocycles. The Kier molecular flexibility index (Phi) is 4.62. The average Bonchev–Trinajstić information content (AvgIpc) is 2.47. The summed E-state index contributed by atoms with van der Waals surface area (Å²) in [5.74, 6) is -1.15. The zero-order valence-corrected chi connectivity index (χ0v) is 11.3. The van der Waals surface area contributed by atoms with Gasteiger partial charge in [-0.25, -0.2) is 4.98 Å². The molecule has 0 bridgehead atoms. The van der Waals surface area contributed by atoms with Gasteiger partial charge in [0.25, 0.3) is 5.91 Å². The molecule has 0 spiro atoms. The SMILES string of the molecule is CNC(=O)CN1CCN(C(=O)c2cccnc2F)CC1. The number of nitrogens with one attached hydrogen (secondary N) is 1. The first kappa shape index (κ1) is 14.4. The Hall–Kier alpha value is -2.02. The van der Waals surface area contributed by atoms with Gasteiger partial charge in [0.15, 0.2) is 0 Å². The number of carbonyl (C=O) groups excluding carboxylic acids is 2. The fourth-order valence-electron chi connectivity index (χ4n) is 2.11. The highest BCUT2D eigenvalue weighted by Gasteiger charge is 2.24. The lowest BCUT2D eigenvalue weighted by Crippen LogP contribution is -2.51. The Balaban J connectivity index is 1.92. The van der Waals surface area contributed by atoms with Gasteiger partial charge < -0.3 is 10.2 Å². The Morgan fingerprint density at radius 3 is 2.65 bits per heavy atom. The summed E-state index contributed by atoms with van der Waals surface area (Å²) in [7, 11) is 1.59. The molecule has 0 radical (unpaired) electrons. The molecular weight excluding hydrogens is 263 g/mol. The maximum Gasteiger partial charge on any atom is 0.258 e. The van der Waals surface area contributed by atoms with Crippen molar-refractivity contribution < 1.29 is 14.0 Å². The second-order valence-corrected chi connectivity index (χ2v) is 4.58. The third-order valence-corrected chi connectivity index (χ3v) is 3.30. The first-order valence-corrected chi connectivity index (χ1v) is 6.44. The molecule has 1 fully saturated rings. The molecule has 0 atom stereocenters. The first-order chi connectivity index (χ1) is 9.61. The molecule has 1 aliphatic rings. The van der Waals surface area contributed by atoms with Crippen LogP contribution < -0.4 is 5.32 Å². The van der Waals surface area contributed by atoms with Gasteiger partial charge in [0, 0.05) is 39.4 Å². The van der Waals surface area contributed by atoms with Crippen molar-refractivity contribution in [2.24, 2.45) is 0 Å². The number of pyridine rings is 1. The van der Waals surface area contributed by atoms with E-state index < -0.39 is 5.95 Å². The molecule has 7 heteroatoms. The zero-order chi connectivity index (χ0) is 14.5. The van der Waals surface area contributed by atoms with Crippen LogP contribution in [0.3, 0.4) is 0 Å². The van der Waals surface area contributed by atoms with E-state index in [4.69, 9.17) is 0 Å². The number of rotatable bonds is 3. The molecule has 2 heterocycles. The van der Waals surface area contributed by atoms with Gasteiger partial charge in [-0.3, -0.25) is 14.5 Å². The predicted octanol–water partition coefficient (Wildman–Crippen LogP) is -0.275. The van der Waals surface area contributed by atoms with Gasteiger partial charge in [-0.05, 0) is 12.1 Å². The van der Waals surface area contributed by atoms with E-state index in [1.165, 1.54) is 18.3 Å². The van der Waals surface area contributed by atoms with Crippen LogP contribution in [-0.2, 0) is 4.79 Å². The van der Waals surface area contributed by atoms with Crippen LogP contribution in [0.2, 0.25) is 0 Å². The molecule has 0 saturated carbocycles. The van der Waals surface area contributed by atoms with Crippen LogP contribution in [0.4, 0.5) is 4.39 Å². The maximum absolute atomic E-state index is 13.5. The minimum Gasteiger partial charge on any atom is -0.358 e. The lowest BCUT2D eigenvalue weighted by Gasteiger charge is -2.34. The van der Waals surface area contributed by atoms with E-state index in [9.17, 15) is 14.0 Å². The van der Waals surface area contributed by atoms with E-state index in [0.29, 0.717) is 32.7 Å². The number of carbonyl (C=O) groups is 2. The predicted molar refractivity (Wildman–Crippen MR) is 70.6 cm³/mol. The molecule has 1 saturated heterocycles. The minimum atomic E-state index is -0.745. The lowest BCUT2D eigenvalue weighted by atomic mass is 10.2. The van der Waals surface area contributed by atoms with Crippen molar-refractivity contribution in [2.45, 2.75) is 0 Å². The van der Waals surface area contributed by atoms with Crippen LogP contribution in [0.25, 0.3) is 0 Å². The second-order valence-electron chi connectivity index (χ2n) is 4.58. The Bertz CT molecular complexity index is 501. The van der Waals surface area contributed by atoms with Crippen molar-refractivity contribution >= 4 is 11.8 Å². The van der Waals surface area contributed by atoms with Gasteiger partial charge in [0.1, 0.15) is 0 Å². The Morgan fingerprint density at radius 2 is 2.05 bits per heavy atom. The summed E-state index contributed by atoms with van der Waals surface area (Å²) < 4.78 is 13.5. The molecule has 1 aromatic rings. The number of amides is 2. The summed E-state index contributed by atoms with van der Waals surface area (Å²) >= 11 is 0. The molecule has 108 valence electrons. The summed E-state index contributed by atoms with van der Waals surface area (Å²) in [6.07, 6.45) is 1.31. The van der Waals surface area contributed by atoms with E-state index >= 15 is 0 Å². The van der Waals surface area contributed by atoms with E-state index in [1.54, 1.807) is 11.9 Å². The Labute approximate surface area is 116 Å². The highest BCUT2D eigenvalue weighted by atomic mass is 19.1. The van der Waals surface area contributed by atoms with Crippen molar-refractivity contribution in [3.05, 3.63) is 29.8 Å². The van der Waals surface area contributed by atoms with Gasteiger partial charge >= 0.3 is 0 Å². The number of hydrogen-bond acceptors (Lipinski definition) is 4. The van der Waals surface area contributed by atoms with Crippen LogP contribution in [-0.4, -0.2) is 66.4 Å². The van der Waals surface area contributed by atoms with Crippen LogP contribution in [0.5, 0.6) is 0 Å². The van der Waals surface area contributed by atoms with Gasteiger partial charge in [0.05, 0.1) is 12.1 Å².